The molecular weight excluding hydrogens is 410 g/mol. The highest BCUT2D eigenvalue weighted by Crippen LogP contribution is 2.32. The van der Waals surface area contributed by atoms with Crippen LogP contribution in [-0.2, 0) is 4.79 Å². The summed E-state index contributed by atoms with van der Waals surface area (Å²) < 4.78 is 11.1. The number of primary amides is 1. The lowest BCUT2D eigenvalue weighted by Gasteiger charge is -2.34. The van der Waals surface area contributed by atoms with E-state index in [0.29, 0.717) is 67.5 Å². The van der Waals surface area contributed by atoms with Gasteiger partial charge in [-0.2, -0.15) is 0 Å². The molecule has 32 heavy (non-hydrogen) atoms. The summed E-state index contributed by atoms with van der Waals surface area (Å²) >= 11 is 0. The third-order valence-corrected chi connectivity index (χ3v) is 6.09. The van der Waals surface area contributed by atoms with Gasteiger partial charge in [0.15, 0.2) is 17.3 Å². The topological polar surface area (TPSA) is 111 Å². The van der Waals surface area contributed by atoms with Crippen LogP contribution in [0.2, 0.25) is 0 Å². The summed E-state index contributed by atoms with van der Waals surface area (Å²) in [5.41, 5.74) is 6.88. The fourth-order valence-corrected chi connectivity index (χ4v) is 4.11. The van der Waals surface area contributed by atoms with Crippen molar-refractivity contribution in [1.29, 1.82) is 0 Å². The molecule has 1 saturated heterocycles. The Morgan fingerprint density at radius 2 is 1.59 bits per heavy atom. The molecule has 2 amide bonds. The largest absolute Gasteiger partial charge is 0.486 e. The maximum atomic E-state index is 13.0. The Morgan fingerprint density at radius 3 is 2.25 bits per heavy atom. The molecule has 8 heteroatoms. The summed E-state index contributed by atoms with van der Waals surface area (Å²) in [5, 5.41) is 2.87. The lowest BCUT2D eigenvalue weighted by Crippen LogP contribution is -2.47. The third kappa shape index (κ3) is 4.75. The van der Waals surface area contributed by atoms with Crippen molar-refractivity contribution in [3.63, 3.8) is 0 Å². The number of nitrogens with zero attached hydrogens (tertiary/aromatic N) is 1. The van der Waals surface area contributed by atoms with Crippen molar-refractivity contribution in [3.05, 3.63) is 53.6 Å². The highest BCUT2D eigenvalue weighted by atomic mass is 16.6. The molecule has 0 saturated carbocycles. The average Bonchev–Trinajstić information content (AvgIpc) is 2.83. The van der Waals surface area contributed by atoms with Crippen molar-refractivity contribution in [2.45, 2.75) is 25.8 Å². The second-order valence-electron chi connectivity index (χ2n) is 8.14. The van der Waals surface area contributed by atoms with E-state index in [4.69, 9.17) is 15.2 Å². The van der Waals surface area contributed by atoms with E-state index in [-0.39, 0.29) is 23.7 Å². The average molecular weight is 437 g/mol. The zero-order chi connectivity index (χ0) is 22.7. The zero-order valence-corrected chi connectivity index (χ0v) is 18.0. The fraction of sp³-hybridized carbons (Fsp3) is 0.375. The second kappa shape index (κ2) is 9.40. The number of anilines is 1. The van der Waals surface area contributed by atoms with Crippen LogP contribution in [0.15, 0.2) is 42.5 Å². The molecule has 2 aromatic carbocycles. The number of nitrogens with one attached hydrogen (secondary N) is 1. The number of carbonyl (C=O) groups is 3. The highest BCUT2D eigenvalue weighted by molar-refractivity contribution is 5.99. The Bertz CT molecular complexity index is 1010. The van der Waals surface area contributed by atoms with E-state index in [2.05, 4.69) is 10.2 Å². The Hall–Kier alpha value is -3.39. The van der Waals surface area contributed by atoms with E-state index in [1.54, 1.807) is 42.5 Å². The van der Waals surface area contributed by atoms with Crippen molar-refractivity contribution in [2.75, 3.05) is 31.6 Å². The van der Waals surface area contributed by atoms with Gasteiger partial charge in [-0.25, -0.2) is 0 Å². The first kappa shape index (κ1) is 21.8. The summed E-state index contributed by atoms with van der Waals surface area (Å²) in [6.07, 6.45) is 1.39. The number of nitrogens with two attached hydrogens (primary N) is 1. The molecule has 0 bridgehead atoms. The summed E-state index contributed by atoms with van der Waals surface area (Å²) in [6, 6.07) is 11.5. The number of ether oxygens (including phenoxy) is 2. The van der Waals surface area contributed by atoms with E-state index in [1.165, 1.54) is 0 Å². The van der Waals surface area contributed by atoms with Gasteiger partial charge in [-0.3, -0.25) is 19.3 Å². The van der Waals surface area contributed by atoms with Gasteiger partial charge in [-0.05, 0) is 75.3 Å². The minimum atomic E-state index is -0.509. The molecule has 1 fully saturated rings. The van der Waals surface area contributed by atoms with Gasteiger partial charge in [0.2, 0.25) is 11.8 Å². The first-order chi connectivity index (χ1) is 15.4. The Morgan fingerprint density at radius 1 is 0.969 bits per heavy atom. The third-order valence-electron chi connectivity index (χ3n) is 6.09. The predicted molar refractivity (Wildman–Crippen MR) is 119 cm³/mol. The van der Waals surface area contributed by atoms with Crippen LogP contribution in [-0.4, -0.2) is 54.8 Å². The van der Waals surface area contributed by atoms with Crippen LogP contribution < -0.4 is 20.5 Å². The Balaban J connectivity index is 1.31. The number of hydrogen-bond donors (Lipinski definition) is 2. The molecule has 2 aliphatic heterocycles. The van der Waals surface area contributed by atoms with E-state index < -0.39 is 5.91 Å². The van der Waals surface area contributed by atoms with Crippen molar-refractivity contribution in [3.8, 4) is 11.5 Å². The number of piperidine rings is 1. The van der Waals surface area contributed by atoms with Crippen LogP contribution >= 0.6 is 0 Å². The molecule has 2 aromatic rings. The molecule has 0 spiro atoms. The molecule has 2 aliphatic rings. The molecule has 1 atom stereocenters. The van der Waals surface area contributed by atoms with Crippen LogP contribution in [0.25, 0.3) is 0 Å². The quantitative estimate of drug-likeness (QED) is 0.672. The number of carbonyl (C=O) groups excluding carboxylic acids is 3. The molecule has 4 rings (SSSR count). The maximum Gasteiger partial charge on any atom is 0.248 e. The fourth-order valence-electron chi connectivity index (χ4n) is 4.11. The number of hydrogen-bond acceptors (Lipinski definition) is 6. The van der Waals surface area contributed by atoms with Crippen LogP contribution in [0.4, 0.5) is 5.69 Å². The van der Waals surface area contributed by atoms with Crippen molar-refractivity contribution in [1.82, 2.24) is 4.90 Å². The van der Waals surface area contributed by atoms with E-state index in [0.717, 1.165) is 0 Å². The normalized spacial score (nSPS) is 17.4. The molecular formula is C24H27N3O5. The maximum absolute atomic E-state index is 13.0. The lowest BCUT2D eigenvalue weighted by molar-refractivity contribution is -0.121. The van der Waals surface area contributed by atoms with Crippen LogP contribution in [0.3, 0.4) is 0 Å². The number of Topliss-reactive ketones (excluding diaryl/α,β-unsaturated/α-hetero) is 1. The van der Waals surface area contributed by atoms with Crippen LogP contribution in [0.5, 0.6) is 11.5 Å². The van der Waals surface area contributed by atoms with Gasteiger partial charge < -0.3 is 20.5 Å². The minimum Gasteiger partial charge on any atom is -0.486 e. The number of amides is 2. The number of fused-ring (bicyclic) bond motifs is 1. The second-order valence-corrected chi connectivity index (χ2v) is 8.14. The molecule has 0 unspecified atom stereocenters. The van der Waals surface area contributed by atoms with Gasteiger partial charge in [0.1, 0.15) is 13.2 Å². The number of ketones is 1. The van der Waals surface area contributed by atoms with Gasteiger partial charge in [0.05, 0.1) is 6.04 Å². The van der Waals surface area contributed by atoms with Crippen molar-refractivity contribution in [2.24, 2.45) is 11.7 Å². The first-order valence-electron chi connectivity index (χ1n) is 10.8. The lowest BCUT2D eigenvalue weighted by atomic mass is 9.88. The molecule has 0 radical (unpaired) electrons. The summed E-state index contributed by atoms with van der Waals surface area (Å²) in [5.74, 6) is 0.678. The summed E-state index contributed by atoms with van der Waals surface area (Å²) in [7, 11) is 0. The first-order valence-corrected chi connectivity index (χ1v) is 10.8. The van der Waals surface area contributed by atoms with Gasteiger partial charge in [-0.15, -0.1) is 0 Å². The van der Waals surface area contributed by atoms with Gasteiger partial charge in [0, 0.05) is 22.7 Å². The van der Waals surface area contributed by atoms with Crippen LogP contribution in [0.1, 0.15) is 40.5 Å². The highest BCUT2D eigenvalue weighted by Gasteiger charge is 2.30. The number of likely N-dealkylation sites (tertiary alicyclic amines) is 1. The standard InChI is InChI=1S/C24H27N3O5/c1-15(24(30)26-19-5-2-17(3-6-19)23(25)29)27-10-8-16(9-11-27)22(28)18-4-7-20-21(14-18)32-13-12-31-20/h2-7,14-16H,8-13H2,1H3,(H2,25,29)(H,26,30)/t15-/m1/s1. The molecule has 3 N–H and O–H groups in total. The summed E-state index contributed by atoms with van der Waals surface area (Å²) in [6.45, 7) is 4.18. The van der Waals surface area contributed by atoms with Crippen LogP contribution in [0, 0.1) is 5.92 Å². The Kier molecular flexibility index (Phi) is 6.41. The van der Waals surface area contributed by atoms with E-state index in [1.807, 2.05) is 6.92 Å². The molecule has 8 nitrogen and oxygen atoms in total. The molecule has 0 aliphatic carbocycles. The molecule has 168 valence electrons. The molecule has 2 heterocycles. The van der Waals surface area contributed by atoms with Gasteiger partial charge >= 0.3 is 0 Å². The zero-order valence-electron chi connectivity index (χ0n) is 18.0. The number of benzene rings is 2. The van der Waals surface area contributed by atoms with Crippen molar-refractivity contribution < 1.29 is 23.9 Å². The minimum absolute atomic E-state index is 0.0783. The monoisotopic (exact) mass is 437 g/mol. The van der Waals surface area contributed by atoms with Crippen molar-refractivity contribution >= 4 is 23.3 Å². The van der Waals surface area contributed by atoms with E-state index >= 15 is 0 Å². The number of rotatable bonds is 6. The van der Waals surface area contributed by atoms with Gasteiger partial charge in [0.25, 0.3) is 0 Å². The molecule has 0 aromatic heterocycles. The van der Waals surface area contributed by atoms with Gasteiger partial charge in [-0.1, -0.05) is 0 Å². The predicted octanol–water partition coefficient (Wildman–Crippen LogP) is 2.48. The van der Waals surface area contributed by atoms with E-state index in [9.17, 15) is 14.4 Å². The Labute approximate surface area is 186 Å². The SMILES string of the molecule is C[C@H](C(=O)Nc1ccc(C(N)=O)cc1)N1CCC(C(=O)c2ccc3c(c2)OCCO3)CC1. The smallest absolute Gasteiger partial charge is 0.248 e. The summed E-state index contributed by atoms with van der Waals surface area (Å²) in [4.78, 5) is 38.9.